The summed E-state index contributed by atoms with van der Waals surface area (Å²) in [6, 6.07) is 12.1. The van der Waals surface area contributed by atoms with Crippen LogP contribution in [0.4, 0.5) is 5.69 Å². The average Bonchev–Trinajstić information content (AvgIpc) is 3.04. The lowest BCUT2D eigenvalue weighted by Crippen LogP contribution is -2.49. The molecule has 1 amide bonds. The van der Waals surface area contributed by atoms with Crippen molar-refractivity contribution in [3.63, 3.8) is 0 Å². The number of aromatic nitrogens is 1. The number of piperazine rings is 1. The number of nitriles is 1. The lowest BCUT2D eigenvalue weighted by atomic mass is 10.1. The smallest absolute Gasteiger partial charge is 0.264 e. The molecule has 0 aliphatic carbocycles. The van der Waals surface area contributed by atoms with Gasteiger partial charge in [-0.05, 0) is 61.7 Å². The number of hydrogen-bond donors (Lipinski definition) is 0. The van der Waals surface area contributed by atoms with Gasteiger partial charge in [-0.2, -0.15) is 5.26 Å². The fourth-order valence-electron chi connectivity index (χ4n) is 4.05. The first-order valence-electron chi connectivity index (χ1n) is 10.8. The van der Waals surface area contributed by atoms with Gasteiger partial charge in [0.1, 0.15) is 17.4 Å². The first-order valence-corrected chi connectivity index (χ1v) is 10.8. The Balaban J connectivity index is 1.70. The minimum absolute atomic E-state index is 0.189. The highest BCUT2D eigenvalue weighted by Crippen LogP contribution is 2.23. The molecule has 6 nitrogen and oxygen atoms in total. The van der Waals surface area contributed by atoms with E-state index in [1.165, 1.54) is 0 Å². The van der Waals surface area contributed by atoms with Crippen LogP contribution in [-0.4, -0.2) is 48.7 Å². The summed E-state index contributed by atoms with van der Waals surface area (Å²) < 4.78 is 7.47. The number of hydrogen-bond acceptors (Lipinski definition) is 4. The first kappa shape index (κ1) is 22.5. The van der Waals surface area contributed by atoms with Crippen LogP contribution in [0.15, 0.2) is 35.9 Å². The standard InChI is InChI=1S/C25H32N4O2/c1-18(2)17-29-19(3)14-21(20(29)4)15-22(16-26)25(30)28-12-10-27(11-13-28)23-6-8-24(31-5)9-7-23/h6-9,14-15,18H,10-13,17H2,1-5H3/b22-15+. The molecule has 2 heterocycles. The topological polar surface area (TPSA) is 61.5 Å². The molecule has 1 aliphatic rings. The number of aryl methyl sites for hydroxylation is 1. The highest BCUT2D eigenvalue weighted by atomic mass is 16.5. The lowest BCUT2D eigenvalue weighted by Gasteiger charge is -2.36. The molecule has 0 radical (unpaired) electrons. The lowest BCUT2D eigenvalue weighted by molar-refractivity contribution is -0.126. The van der Waals surface area contributed by atoms with E-state index in [4.69, 9.17) is 4.74 Å². The van der Waals surface area contributed by atoms with E-state index in [1.54, 1.807) is 18.1 Å². The number of anilines is 1. The van der Waals surface area contributed by atoms with Gasteiger partial charge >= 0.3 is 0 Å². The zero-order valence-electron chi connectivity index (χ0n) is 19.2. The van der Waals surface area contributed by atoms with Gasteiger partial charge in [0, 0.05) is 49.8 Å². The SMILES string of the molecule is COc1ccc(N2CCN(C(=O)/C(C#N)=C/c3cc(C)n(CC(C)C)c3C)CC2)cc1. The van der Waals surface area contributed by atoms with E-state index >= 15 is 0 Å². The number of rotatable bonds is 6. The summed E-state index contributed by atoms with van der Waals surface area (Å²) in [5, 5.41) is 9.69. The van der Waals surface area contributed by atoms with Gasteiger partial charge in [0.15, 0.2) is 0 Å². The summed E-state index contributed by atoms with van der Waals surface area (Å²) in [5.74, 6) is 1.17. The van der Waals surface area contributed by atoms with Crippen LogP contribution in [0.2, 0.25) is 0 Å². The second kappa shape index (κ2) is 9.74. The fraction of sp³-hybridized carbons (Fsp3) is 0.440. The third-order valence-corrected chi connectivity index (χ3v) is 5.82. The molecule has 3 rings (SSSR count). The Hall–Kier alpha value is -3.20. The zero-order chi connectivity index (χ0) is 22.5. The van der Waals surface area contributed by atoms with E-state index in [2.05, 4.69) is 42.4 Å². The van der Waals surface area contributed by atoms with Crippen LogP contribution < -0.4 is 9.64 Å². The van der Waals surface area contributed by atoms with Crippen LogP contribution in [0.25, 0.3) is 6.08 Å². The maximum absolute atomic E-state index is 13.0. The Morgan fingerprint density at radius 1 is 1.16 bits per heavy atom. The van der Waals surface area contributed by atoms with E-state index in [9.17, 15) is 10.1 Å². The second-order valence-electron chi connectivity index (χ2n) is 8.48. The van der Waals surface area contributed by atoms with Crippen molar-refractivity contribution < 1.29 is 9.53 Å². The molecule has 0 N–H and O–H groups in total. The van der Waals surface area contributed by atoms with Gasteiger partial charge in [-0.3, -0.25) is 4.79 Å². The van der Waals surface area contributed by atoms with E-state index in [0.29, 0.717) is 19.0 Å². The van der Waals surface area contributed by atoms with Crippen molar-refractivity contribution in [1.82, 2.24) is 9.47 Å². The van der Waals surface area contributed by atoms with E-state index in [-0.39, 0.29) is 11.5 Å². The summed E-state index contributed by atoms with van der Waals surface area (Å²) in [6.45, 7) is 12.1. The van der Waals surface area contributed by atoms with Crippen LogP contribution in [-0.2, 0) is 11.3 Å². The highest BCUT2D eigenvalue weighted by molar-refractivity contribution is 6.02. The minimum Gasteiger partial charge on any atom is -0.497 e. The van der Waals surface area contributed by atoms with Gasteiger partial charge in [0.05, 0.1) is 7.11 Å². The van der Waals surface area contributed by atoms with E-state index < -0.39 is 0 Å². The summed E-state index contributed by atoms with van der Waals surface area (Å²) in [5.41, 5.74) is 4.50. The van der Waals surface area contributed by atoms with Gasteiger partial charge in [-0.15, -0.1) is 0 Å². The van der Waals surface area contributed by atoms with E-state index in [0.717, 1.165) is 48.0 Å². The number of amides is 1. The van der Waals surface area contributed by atoms with Crippen molar-refractivity contribution in [3.05, 3.63) is 52.9 Å². The summed E-state index contributed by atoms with van der Waals surface area (Å²) in [4.78, 5) is 17.1. The summed E-state index contributed by atoms with van der Waals surface area (Å²) in [7, 11) is 1.65. The third kappa shape index (κ3) is 5.11. The molecule has 31 heavy (non-hydrogen) atoms. The predicted octanol–water partition coefficient (Wildman–Crippen LogP) is 4.03. The molecule has 6 heteroatoms. The van der Waals surface area contributed by atoms with Gasteiger partial charge in [0.25, 0.3) is 5.91 Å². The van der Waals surface area contributed by atoms with Crippen LogP contribution in [0, 0.1) is 31.1 Å². The molecule has 1 aromatic heterocycles. The van der Waals surface area contributed by atoms with Crippen molar-refractivity contribution >= 4 is 17.7 Å². The van der Waals surface area contributed by atoms with Crippen LogP contribution >= 0.6 is 0 Å². The molecule has 1 aromatic carbocycles. The van der Waals surface area contributed by atoms with Gasteiger partial charge in [0.2, 0.25) is 0 Å². The van der Waals surface area contributed by atoms with Crippen molar-refractivity contribution in [2.24, 2.45) is 5.92 Å². The molecule has 0 saturated carbocycles. The number of carbonyl (C=O) groups excluding carboxylic acids is 1. The first-order chi connectivity index (χ1) is 14.8. The number of nitrogens with zero attached hydrogens (tertiary/aromatic N) is 4. The van der Waals surface area contributed by atoms with Crippen molar-refractivity contribution in [3.8, 4) is 11.8 Å². The molecule has 164 valence electrons. The molecule has 0 unspecified atom stereocenters. The van der Waals surface area contributed by atoms with Crippen LogP contribution in [0.1, 0.15) is 30.8 Å². The summed E-state index contributed by atoms with van der Waals surface area (Å²) in [6.07, 6.45) is 1.75. The molecule has 0 spiro atoms. The second-order valence-corrected chi connectivity index (χ2v) is 8.48. The maximum Gasteiger partial charge on any atom is 0.264 e. The summed E-state index contributed by atoms with van der Waals surface area (Å²) >= 11 is 0. The number of benzene rings is 1. The molecule has 0 bridgehead atoms. The van der Waals surface area contributed by atoms with E-state index in [1.807, 2.05) is 31.2 Å². The van der Waals surface area contributed by atoms with Gasteiger partial charge in [-0.1, -0.05) is 13.8 Å². The minimum atomic E-state index is -0.189. The Morgan fingerprint density at radius 3 is 2.35 bits per heavy atom. The Bertz CT molecular complexity index is 988. The largest absolute Gasteiger partial charge is 0.497 e. The molecule has 0 atom stereocenters. The Morgan fingerprint density at radius 2 is 1.81 bits per heavy atom. The third-order valence-electron chi connectivity index (χ3n) is 5.82. The van der Waals surface area contributed by atoms with Gasteiger partial charge < -0.3 is 19.1 Å². The zero-order valence-corrected chi connectivity index (χ0v) is 19.2. The number of carbonyl (C=O) groups is 1. The van der Waals surface area contributed by atoms with Gasteiger partial charge in [-0.25, -0.2) is 0 Å². The van der Waals surface area contributed by atoms with Crippen molar-refractivity contribution in [1.29, 1.82) is 5.26 Å². The average molecular weight is 421 g/mol. The van der Waals surface area contributed by atoms with Crippen molar-refractivity contribution in [2.75, 3.05) is 38.2 Å². The molecule has 1 saturated heterocycles. The normalized spacial score (nSPS) is 14.7. The molecular weight excluding hydrogens is 388 g/mol. The molecule has 1 aliphatic heterocycles. The van der Waals surface area contributed by atoms with Crippen molar-refractivity contribution in [2.45, 2.75) is 34.2 Å². The monoisotopic (exact) mass is 420 g/mol. The highest BCUT2D eigenvalue weighted by Gasteiger charge is 2.24. The quantitative estimate of drug-likeness (QED) is 0.523. The maximum atomic E-state index is 13.0. The number of ether oxygens (including phenoxy) is 1. The van der Waals surface area contributed by atoms with Crippen LogP contribution in [0.3, 0.4) is 0 Å². The molecular formula is C25H32N4O2. The predicted molar refractivity (Wildman–Crippen MR) is 124 cm³/mol. The van der Waals surface area contributed by atoms with Crippen LogP contribution in [0.5, 0.6) is 5.75 Å². The number of methoxy groups -OCH3 is 1. The molecule has 1 fully saturated rings. The fourth-order valence-corrected chi connectivity index (χ4v) is 4.05. The Kier molecular flexibility index (Phi) is 7.06. The molecule has 2 aromatic rings. The Labute approximate surface area is 185 Å².